The van der Waals surface area contributed by atoms with Crippen LogP contribution in [0.4, 0.5) is 0 Å². The number of carbonyl (C=O) groups is 1. The molecule has 0 spiro atoms. The highest BCUT2D eigenvalue weighted by Gasteiger charge is 2.13. The van der Waals surface area contributed by atoms with Gasteiger partial charge in [0.2, 0.25) is 5.96 Å². The monoisotopic (exact) mass is 139 g/mol. The van der Waals surface area contributed by atoms with Gasteiger partial charge in [-0.15, -0.1) is 0 Å². The van der Waals surface area contributed by atoms with Gasteiger partial charge in [-0.25, -0.2) is 10.4 Å². The van der Waals surface area contributed by atoms with Crippen LogP contribution in [-0.4, -0.2) is 23.8 Å². The molecule has 52 valence electrons. The fourth-order valence-electron chi connectivity index (χ4n) is 0.477. The van der Waals surface area contributed by atoms with E-state index in [4.69, 9.17) is 11.1 Å². The summed E-state index contributed by atoms with van der Waals surface area (Å²) in [6.45, 7) is 0. The number of rotatable bonds is 0. The minimum absolute atomic E-state index is 0.0625. The Morgan fingerprint density at radius 2 is 2.60 bits per heavy atom. The van der Waals surface area contributed by atoms with Crippen molar-refractivity contribution in [2.75, 3.05) is 0 Å². The lowest BCUT2D eigenvalue weighted by atomic mass is 10.4. The molecule has 1 heterocycles. The molecule has 0 unspecified atom stereocenters. The van der Waals surface area contributed by atoms with Gasteiger partial charge in [-0.05, 0) is 0 Å². The lowest BCUT2D eigenvalue weighted by molar-refractivity contribution is -0.114. The zero-order valence-corrected chi connectivity index (χ0v) is 4.96. The Morgan fingerprint density at radius 3 is 3.00 bits per heavy atom. The molecular weight excluding hydrogens is 134 g/mol. The molecule has 0 aromatic carbocycles. The molecule has 1 amide bonds. The van der Waals surface area contributed by atoms with E-state index >= 15 is 0 Å². The molecule has 6 heteroatoms. The predicted molar refractivity (Wildman–Crippen MR) is 36.0 cm³/mol. The first-order chi connectivity index (χ1) is 4.70. The first-order valence-corrected chi connectivity index (χ1v) is 2.46. The normalized spacial score (nSPS) is 19.6. The highest BCUT2D eigenvalue weighted by Crippen LogP contribution is 1.83. The first-order valence-electron chi connectivity index (χ1n) is 2.46. The minimum atomic E-state index is -0.435. The molecule has 1 aliphatic heterocycles. The Labute approximate surface area is 56.3 Å². The van der Waals surface area contributed by atoms with Crippen LogP contribution in [-0.2, 0) is 4.79 Å². The zero-order chi connectivity index (χ0) is 7.56. The third-order valence-electron chi connectivity index (χ3n) is 0.826. The Hall–Kier alpha value is -1.72. The van der Waals surface area contributed by atoms with Gasteiger partial charge in [0, 0.05) is 0 Å². The van der Waals surface area contributed by atoms with Gasteiger partial charge in [0.1, 0.15) is 0 Å². The molecule has 0 aromatic heterocycles. The summed E-state index contributed by atoms with van der Waals surface area (Å²) in [6, 6.07) is 0. The van der Waals surface area contributed by atoms with Crippen LogP contribution >= 0.6 is 0 Å². The van der Waals surface area contributed by atoms with Gasteiger partial charge in [-0.1, -0.05) is 0 Å². The maximum Gasteiger partial charge on any atom is 0.291 e. The molecule has 0 bridgehead atoms. The van der Waals surface area contributed by atoms with Crippen LogP contribution in [0, 0.1) is 5.41 Å². The SMILES string of the molecule is N=C(N)/N=C1\C=NNC1=O. The first kappa shape index (κ1) is 6.40. The standard InChI is InChI=1S/C4H5N5O/c5-4(6)8-2-1-7-9-3(2)10/h1H,(H4,5,6,8,9,10). The average Bonchev–Trinajstić information content (AvgIpc) is 2.15. The number of nitrogens with one attached hydrogen (secondary N) is 2. The van der Waals surface area contributed by atoms with E-state index in [-0.39, 0.29) is 5.71 Å². The Bertz CT molecular complexity index is 240. The number of hydrogen-bond donors (Lipinski definition) is 3. The fraction of sp³-hybridized carbons (Fsp3) is 0. The molecule has 0 aliphatic carbocycles. The summed E-state index contributed by atoms with van der Waals surface area (Å²) in [6.07, 6.45) is 1.21. The van der Waals surface area contributed by atoms with E-state index in [1.807, 2.05) is 0 Å². The van der Waals surface area contributed by atoms with Gasteiger partial charge in [0.05, 0.1) is 6.21 Å². The van der Waals surface area contributed by atoms with Crippen molar-refractivity contribution in [2.45, 2.75) is 0 Å². The zero-order valence-electron chi connectivity index (χ0n) is 4.96. The van der Waals surface area contributed by atoms with E-state index in [0.29, 0.717) is 0 Å². The van der Waals surface area contributed by atoms with E-state index in [0.717, 1.165) is 0 Å². The van der Waals surface area contributed by atoms with Crippen LogP contribution in [0.5, 0.6) is 0 Å². The number of nitrogens with zero attached hydrogens (tertiary/aromatic N) is 2. The molecule has 4 N–H and O–H groups in total. The highest BCUT2D eigenvalue weighted by molar-refractivity contribution is 6.63. The van der Waals surface area contributed by atoms with Crippen molar-refractivity contribution in [2.24, 2.45) is 15.8 Å². The summed E-state index contributed by atoms with van der Waals surface area (Å²) in [4.78, 5) is 14.0. The molecule has 0 atom stereocenters. The van der Waals surface area contributed by atoms with E-state index in [1.165, 1.54) is 6.21 Å². The van der Waals surface area contributed by atoms with Crippen molar-refractivity contribution >= 4 is 23.8 Å². The average molecular weight is 139 g/mol. The van der Waals surface area contributed by atoms with Crippen LogP contribution in [0.2, 0.25) is 0 Å². The lowest BCUT2D eigenvalue weighted by Gasteiger charge is -1.87. The maximum absolute atomic E-state index is 10.6. The molecule has 0 fully saturated rings. The second kappa shape index (κ2) is 2.26. The Balaban J connectivity index is 2.82. The van der Waals surface area contributed by atoms with Gasteiger partial charge in [0.15, 0.2) is 5.71 Å². The highest BCUT2D eigenvalue weighted by atomic mass is 16.2. The third kappa shape index (κ3) is 1.16. The van der Waals surface area contributed by atoms with Gasteiger partial charge < -0.3 is 5.73 Å². The number of carbonyl (C=O) groups excluding carboxylic acids is 1. The molecule has 0 aromatic rings. The molecule has 0 saturated heterocycles. The number of nitrogens with two attached hydrogens (primary N) is 1. The topological polar surface area (TPSA) is 104 Å². The summed E-state index contributed by atoms with van der Waals surface area (Å²) < 4.78 is 0. The molecule has 10 heavy (non-hydrogen) atoms. The Morgan fingerprint density at radius 1 is 1.90 bits per heavy atom. The van der Waals surface area contributed by atoms with Gasteiger partial charge >= 0.3 is 0 Å². The van der Waals surface area contributed by atoms with Crippen LogP contribution < -0.4 is 11.2 Å². The largest absolute Gasteiger partial charge is 0.368 e. The van der Waals surface area contributed by atoms with Crippen LogP contribution in [0.1, 0.15) is 0 Å². The summed E-state index contributed by atoms with van der Waals surface area (Å²) in [7, 11) is 0. The van der Waals surface area contributed by atoms with Crippen LogP contribution in [0.15, 0.2) is 10.1 Å². The van der Waals surface area contributed by atoms with Crippen molar-refractivity contribution in [3.63, 3.8) is 0 Å². The number of aliphatic imine (C=N–C) groups is 1. The van der Waals surface area contributed by atoms with Gasteiger partial charge in [0.25, 0.3) is 5.91 Å². The van der Waals surface area contributed by atoms with Crippen LogP contribution in [0.3, 0.4) is 0 Å². The second-order valence-electron chi connectivity index (χ2n) is 1.58. The predicted octanol–water partition coefficient (Wildman–Crippen LogP) is -1.56. The van der Waals surface area contributed by atoms with E-state index in [1.54, 1.807) is 0 Å². The van der Waals surface area contributed by atoms with Crippen LogP contribution in [0.25, 0.3) is 0 Å². The molecular formula is C4H5N5O. The van der Waals surface area contributed by atoms with E-state index < -0.39 is 11.9 Å². The number of amides is 1. The summed E-state index contributed by atoms with van der Waals surface area (Å²) in [5.41, 5.74) is 7.07. The third-order valence-corrected chi connectivity index (χ3v) is 0.826. The van der Waals surface area contributed by atoms with Crippen molar-refractivity contribution in [3.8, 4) is 0 Å². The number of hydrazone groups is 1. The smallest absolute Gasteiger partial charge is 0.291 e. The quantitative estimate of drug-likeness (QED) is 0.279. The number of hydrogen-bond acceptors (Lipinski definition) is 3. The molecule has 6 nitrogen and oxygen atoms in total. The molecule has 0 saturated carbocycles. The summed E-state index contributed by atoms with van der Waals surface area (Å²) in [5.74, 6) is -0.839. The molecule has 1 aliphatic rings. The van der Waals surface area contributed by atoms with Gasteiger partial charge in [-0.3, -0.25) is 10.2 Å². The molecule has 1 rings (SSSR count). The van der Waals surface area contributed by atoms with E-state index in [2.05, 4.69) is 15.5 Å². The van der Waals surface area contributed by atoms with Crippen molar-refractivity contribution < 1.29 is 4.79 Å². The number of guanidine groups is 1. The van der Waals surface area contributed by atoms with Crippen molar-refractivity contribution in [1.82, 2.24) is 5.43 Å². The second-order valence-corrected chi connectivity index (χ2v) is 1.58. The minimum Gasteiger partial charge on any atom is -0.368 e. The van der Waals surface area contributed by atoms with E-state index in [9.17, 15) is 4.79 Å². The summed E-state index contributed by atoms with van der Waals surface area (Å²) >= 11 is 0. The summed E-state index contributed by atoms with van der Waals surface area (Å²) in [5, 5.41) is 10.1. The molecule has 0 radical (unpaired) electrons. The van der Waals surface area contributed by atoms with Crippen molar-refractivity contribution in [1.29, 1.82) is 5.41 Å². The lowest BCUT2D eigenvalue weighted by Crippen LogP contribution is -2.22. The fourth-order valence-corrected chi connectivity index (χ4v) is 0.477. The maximum atomic E-state index is 10.6. The van der Waals surface area contributed by atoms with Crippen molar-refractivity contribution in [3.05, 3.63) is 0 Å². The Kier molecular flexibility index (Phi) is 1.44. The van der Waals surface area contributed by atoms with Gasteiger partial charge in [-0.2, -0.15) is 5.10 Å².